The van der Waals surface area contributed by atoms with Gasteiger partial charge in [-0.05, 0) is 12.8 Å². The number of amides is 2. The fourth-order valence-electron chi connectivity index (χ4n) is 2.74. The predicted molar refractivity (Wildman–Crippen MR) is 83.2 cm³/mol. The first-order chi connectivity index (χ1) is 11.3. The summed E-state index contributed by atoms with van der Waals surface area (Å²) in [7, 11) is 0. The van der Waals surface area contributed by atoms with Gasteiger partial charge in [-0.1, -0.05) is 0 Å². The molecule has 1 atom stereocenters. The number of carbonyl (C=O) groups excluding carboxylic acids is 2. The molecule has 2 amide bonds. The molecule has 1 aromatic rings. The summed E-state index contributed by atoms with van der Waals surface area (Å²) in [4.78, 5) is 35.0. The van der Waals surface area contributed by atoms with Crippen LogP contribution in [0.25, 0.3) is 0 Å². The Hall–Kier alpha value is -2.22. The number of piperazine rings is 1. The molecule has 2 aliphatic rings. The number of hydrogen-bond donors (Lipinski definition) is 1. The molecule has 0 saturated carbocycles. The van der Waals surface area contributed by atoms with E-state index in [1.165, 1.54) is 0 Å². The van der Waals surface area contributed by atoms with Gasteiger partial charge in [-0.25, -0.2) is 9.97 Å². The molecule has 8 nitrogen and oxygen atoms in total. The first kappa shape index (κ1) is 15.7. The third-order valence-corrected chi connectivity index (χ3v) is 4.16. The van der Waals surface area contributed by atoms with E-state index in [4.69, 9.17) is 4.74 Å². The van der Waals surface area contributed by atoms with E-state index in [1.54, 1.807) is 17.3 Å². The molecule has 1 unspecified atom stereocenters. The van der Waals surface area contributed by atoms with E-state index in [0.29, 0.717) is 44.2 Å². The van der Waals surface area contributed by atoms with Gasteiger partial charge < -0.3 is 19.9 Å². The molecule has 124 valence electrons. The van der Waals surface area contributed by atoms with Crippen LogP contribution in [0.4, 0.5) is 5.95 Å². The Kier molecular flexibility index (Phi) is 5.02. The number of hydrogen-bond acceptors (Lipinski definition) is 6. The van der Waals surface area contributed by atoms with Crippen LogP contribution in [0, 0.1) is 0 Å². The SMILES string of the molecule is O=CN1CCN(c2ncc(C(=O)NCC3CCCO3)cn2)CC1. The zero-order valence-electron chi connectivity index (χ0n) is 13.0. The topological polar surface area (TPSA) is 87.7 Å². The highest BCUT2D eigenvalue weighted by Gasteiger charge is 2.19. The second-order valence-electron chi connectivity index (χ2n) is 5.75. The lowest BCUT2D eigenvalue weighted by Crippen LogP contribution is -2.46. The maximum atomic E-state index is 12.1. The van der Waals surface area contributed by atoms with Crippen LogP contribution in [0.3, 0.4) is 0 Å². The molecule has 1 aromatic heterocycles. The summed E-state index contributed by atoms with van der Waals surface area (Å²) in [6.07, 6.45) is 6.10. The van der Waals surface area contributed by atoms with E-state index in [2.05, 4.69) is 15.3 Å². The summed E-state index contributed by atoms with van der Waals surface area (Å²) in [5, 5.41) is 2.85. The molecule has 0 aliphatic carbocycles. The molecular weight excluding hydrogens is 298 g/mol. The van der Waals surface area contributed by atoms with Crippen molar-refractivity contribution >= 4 is 18.3 Å². The Morgan fingerprint density at radius 1 is 1.30 bits per heavy atom. The molecule has 3 heterocycles. The smallest absolute Gasteiger partial charge is 0.254 e. The standard InChI is InChI=1S/C15H21N5O3/c21-11-19-3-5-20(6-4-19)15-17-8-12(9-18-15)14(22)16-10-13-2-1-7-23-13/h8-9,11,13H,1-7,10H2,(H,16,22). The average Bonchev–Trinajstić information content (AvgIpc) is 3.13. The van der Waals surface area contributed by atoms with Crippen LogP contribution in [-0.4, -0.2) is 72.6 Å². The Balaban J connectivity index is 1.52. The summed E-state index contributed by atoms with van der Waals surface area (Å²) in [6.45, 7) is 4.02. The van der Waals surface area contributed by atoms with Crippen molar-refractivity contribution in [3.8, 4) is 0 Å². The summed E-state index contributed by atoms with van der Waals surface area (Å²) >= 11 is 0. The number of anilines is 1. The van der Waals surface area contributed by atoms with Crippen LogP contribution >= 0.6 is 0 Å². The molecule has 0 radical (unpaired) electrons. The molecule has 23 heavy (non-hydrogen) atoms. The first-order valence-electron chi connectivity index (χ1n) is 7.92. The minimum Gasteiger partial charge on any atom is -0.376 e. The largest absolute Gasteiger partial charge is 0.376 e. The van der Waals surface area contributed by atoms with E-state index >= 15 is 0 Å². The maximum Gasteiger partial charge on any atom is 0.254 e. The second kappa shape index (κ2) is 7.36. The van der Waals surface area contributed by atoms with Crippen LogP contribution in [0.2, 0.25) is 0 Å². The summed E-state index contributed by atoms with van der Waals surface area (Å²) in [5.41, 5.74) is 0.443. The van der Waals surface area contributed by atoms with Crippen molar-refractivity contribution in [2.75, 3.05) is 44.2 Å². The van der Waals surface area contributed by atoms with Gasteiger partial charge in [0, 0.05) is 51.7 Å². The number of nitrogens with zero attached hydrogens (tertiary/aromatic N) is 4. The third-order valence-electron chi connectivity index (χ3n) is 4.16. The molecule has 0 aromatic carbocycles. The lowest BCUT2D eigenvalue weighted by atomic mass is 10.2. The van der Waals surface area contributed by atoms with Gasteiger partial charge in [-0.3, -0.25) is 9.59 Å². The van der Waals surface area contributed by atoms with E-state index in [0.717, 1.165) is 25.9 Å². The third kappa shape index (κ3) is 3.95. The molecule has 0 bridgehead atoms. The van der Waals surface area contributed by atoms with Gasteiger partial charge in [0.25, 0.3) is 5.91 Å². The Labute approximate surface area is 134 Å². The Bertz CT molecular complexity index is 537. The lowest BCUT2D eigenvalue weighted by molar-refractivity contribution is -0.118. The molecule has 0 spiro atoms. The van der Waals surface area contributed by atoms with Crippen molar-refractivity contribution in [3.63, 3.8) is 0 Å². The Morgan fingerprint density at radius 3 is 2.65 bits per heavy atom. The number of aromatic nitrogens is 2. The van der Waals surface area contributed by atoms with Crippen LogP contribution in [-0.2, 0) is 9.53 Å². The number of ether oxygens (including phenoxy) is 1. The quantitative estimate of drug-likeness (QED) is 0.747. The zero-order valence-corrected chi connectivity index (χ0v) is 13.0. The van der Waals surface area contributed by atoms with Crippen molar-refractivity contribution in [1.82, 2.24) is 20.2 Å². The molecule has 1 N–H and O–H groups in total. The minimum absolute atomic E-state index is 0.119. The van der Waals surface area contributed by atoms with E-state index < -0.39 is 0 Å². The number of carbonyl (C=O) groups is 2. The van der Waals surface area contributed by atoms with Crippen LogP contribution < -0.4 is 10.2 Å². The van der Waals surface area contributed by atoms with Gasteiger partial charge in [0.15, 0.2) is 0 Å². The van der Waals surface area contributed by atoms with Gasteiger partial charge in [0.05, 0.1) is 11.7 Å². The van der Waals surface area contributed by atoms with Crippen molar-refractivity contribution in [2.24, 2.45) is 0 Å². The molecule has 2 aliphatic heterocycles. The van der Waals surface area contributed by atoms with Gasteiger partial charge in [-0.15, -0.1) is 0 Å². The first-order valence-corrected chi connectivity index (χ1v) is 7.92. The minimum atomic E-state index is -0.183. The monoisotopic (exact) mass is 319 g/mol. The van der Waals surface area contributed by atoms with Gasteiger partial charge in [0.2, 0.25) is 12.4 Å². The molecule has 3 rings (SSSR count). The molecular formula is C15H21N5O3. The van der Waals surface area contributed by atoms with E-state index in [9.17, 15) is 9.59 Å². The van der Waals surface area contributed by atoms with Crippen molar-refractivity contribution < 1.29 is 14.3 Å². The van der Waals surface area contributed by atoms with Crippen molar-refractivity contribution in [3.05, 3.63) is 18.0 Å². The van der Waals surface area contributed by atoms with Gasteiger partial charge in [-0.2, -0.15) is 0 Å². The van der Waals surface area contributed by atoms with E-state index in [-0.39, 0.29) is 12.0 Å². The number of nitrogens with one attached hydrogen (secondary N) is 1. The summed E-state index contributed by atoms with van der Waals surface area (Å²) in [5.74, 6) is 0.407. The van der Waals surface area contributed by atoms with E-state index in [1.807, 2.05) is 4.90 Å². The molecule has 2 fully saturated rings. The highest BCUT2D eigenvalue weighted by Crippen LogP contribution is 2.12. The van der Waals surface area contributed by atoms with Crippen LogP contribution in [0.15, 0.2) is 12.4 Å². The molecule has 2 saturated heterocycles. The Morgan fingerprint density at radius 2 is 2.04 bits per heavy atom. The fraction of sp³-hybridized carbons (Fsp3) is 0.600. The van der Waals surface area contributed by atoms with Gasteiger partial charge in [0.1, 0.15) is 0 Å². The zero-order chi connectivity index (χ0) is 16.1. The highest BCUT2D eigenvalue weighted by atomic mass is 16.5. The summed E-state index contributed by atoms with van der Waals surface area (Å²) in [6, 6.07) is 0. The number of rotatable bonds is 5. The fourth-order valence-corrected chi connectivity index (χ4v) is 2.74. The van der Waals surface area contributed by atoms with Crippen molar-refractivity contribution in [1.29, 1.82) is 0 Å². The summed E-state index contributed by atoms with van der Waals surface area (Å²) < 4.78 is 5.47. The predicted octanol–water partition coefficient (Wildman–Crippen LogP) is -0.336. The highest BCUT2D eigenvalue weighted by molar-refractivity contribution is 5.93. The second-order valence-corrected chi connectivity index (χ2v) is 5.75. The van der Waals surface area contributed by atoms with Crippen LogP contribution in [0.1, 0.15) is 23.2 Å². The molecule has 8 heteroatoms. The van der Waals surface area contributed by atoms with Crippen molar-refractivity contribution in [2.45, 2.75) is 18.9 Å². The van der Waals surface area contributed by atoms with Gasteiger partial charge >= 0.3 is 0 Å². The average molecular weight is 319 g/mol. The lowest BCUT2D eigenvalue weighted by Gasteiger charge is -2.32. The van der Waals surface area contributed by atoms with Crippen LogP contribution in [0.5, 0.6) is 0 Å². The maximum absolute atomic E-state index is 12.1. The normalized spacial score (nSPS) is 21.3.